The Kier molecular flexibility index (Phi) is 4.10. The fourth-order valence-electron chi connectivity index (χ4n) is 1.81. The van der Waals surface area contributed by atoms with E-state index in [4.69, 9.17) is 18.0 Å². The smallest absolute Gasteiger partial charge is 0.274 e. The van der Waals surface area contributed by atoms with Crippen molar-refractivity contribution < 1.29 is 4.79 Å². The largest absolute Gasteiger partial charge is 0.389 e. The first-order valence-corrected chi connectivity index (χ1v) is 6.53. The second-order valence-corrected chi connectivity index (χ2v) is 4.96. The van der Waals surface area contributed by atoms with E-state index in [9.17, 15) is 4.79 Å². The zero-order valence-electron chi connectivity index (χ0n) is 11.3. The average molecular weight is 285 g/mol. The molecule has 1 aromatic carbocycles. The number of hydrogen-bond acceptors (Lipinski definition) is 3. The number of pyridine rings is 1. The van der Waals surface area contributed by atoms with Gasteiger partial charge < -0.3 is 11.1 Å². The van der Waals surface area contributed by atoms with Gasteiger partial charge in [-0.1, -0.05) is 30.4 Å². The minimum atomic E-state index is -0.244. The minimum absolute atomic E-state index is 0.244. The lowest BCUT2D eigenvalue weighted by molar-refractivity contribution is 0.102. The van der Waals surface area contributed by atoms with E-state index in [0.29, 0.717) is 16.4 Å². The highest BCUT2D eigenvalue weighted by Crippen LogP contribution is 2.18. The van der Waals surface area contributed by atoms with Crippen LogP contribution in [0.5, 0.6) is 0 Å². The van der Waals surface area contributed by atoms with E-state index in [1.54, 1.807) is 18.3 Å². The van der Waals surface area contributed by atoms with Gasteiger partial charge in [-0.15, -0.1) is 0 Å². The van der Waals surface area contributed by atoms with Crippen LogP contribution in [0.3, 0.4) is 0 Å². The lowest BCUT2D eigenvalue weighted by Crippen LogP contribution is -2.17. The Morgan fingerprint density at radius 1 is 1.25 bits per heavy atom. The van der Waals surface area contributed by atoms with Crippen LogP contribution in [0.25, 0.3) is 0 Å². The first-order valence-electron chi connectivity index (χ1n) is 6.12. The van der Waals surface area contributed by atoms with Crippen LogP contribution in [-0.2, 0) is 0 Å². The highest BCUT2D eigenvalue weighted by atomic mass is 32.1. The number of hydrogen-bond donors (Lipinski definition) is 2. The molecule has 3 N–H and O–H groups in total. The number of anilines is 1. The fourth-order valence-corrected chi connectivity index (χ4v) is 1.94. The normalized spacial score (nSPS) is 10.1. The predicted octanol–water partition coefficient (Wildman–Crippen LogP) is 2.58. The number of thiocarbonyl (C=S) groups is 1. The van der Waals surface area contributed by atoms with Crippen molar-refractivity contribution in [2.45, 2.75) is 13.8 Å². The van der Waals surface area contributed by atoms with Crippen LogP contribution in [0.2, 0.25) is 0 Å². The molecule has 0 unspecified atom stereocenters. The molecule has 0 saturated carbocycles. The summed E-state index contributed by atoms with van der Waals surface area (Å²) in [4.78, 5) is 16.6. The van der Waals surface area contributed by atoms with Gasteiger partial charge in [-0.05, 0) is 37.1 Å². The number of carbonyl (C=O) groups excluding carboxylic acids is 1. The second kappa shape index (κ2) is 5.79. The topological polar surface area (TPSA) is 68.0 Å². The summed E-state index contributed by atoms with van der Waals surface area (Å²) in [6.07, 6.45) is 1.60. The van der Waals surface area contributed by atoms with E-state index in [2.05, 4.69) is 10.3 Å². The van der Waals surface area contributed by atoms with Gasteiger partial charge >= 0.3 is 0 Å². The molecule has 0 atom stereocenters. The van der Waals surface area contributed by atoms with E-state index in [1.165, 1.54) is 0 Å². The first kappa shape index (κ1) is 14.1. The molecule has 0 spiro atoms. The number of carbonyl (C=O) groups is 1. The highest BCUT2D eigenvalue weighted by molar-refractivity contribution is 7.80. The first-order chi connectivity index (χ1) is 9.49. The van der Waals surface area contributed by atoms with E-state index in [1.807, 2.05) is 32.0 Å². The number of nitrogens with two attached hydrogens (primary N) is 1. The third-order valence-corrected chi connectivity index (χ3v) is 3.23. The predicted molar refractivity (Wildman–Crippen MR) is 84.0 cm³/mol. The molecule has 20 heavy (non-hydrogen) atoms. The second-order valence-electron chi connectivity index (χ2n) is 4.52. The molecule has 5 heteroatoms. The van der Waals surface area contributed by atoms with Crippen LogP contribution in [0.1, 0.15) is 27.2 Å². The summed E-state index contributed by atoms with van der Waals surface area (Å²) in [5.74, 6) is -0.244. The molecule has 1 aromatic heterocycles. The molecule has 0 radical (unpaired) electrons. The van der Waals surface area contributed by atoms with Crippen LogP contribution in [0.15, 0.2) is 36.5 Å². The van der Waals surface area contributed by atoms with Crippen molar-refractivity contribution in [1.29, 1.82) is 0 Å². The Morgan fingerprint density at radius 2 is 2.00 bits per heavy atom. The van der Waals surface area contributed by atoms with Gasteiger partial charge in [0.15, 0.2) is 0 Å². The van der Waals surface area contributed by atoms with Crippen molar-refractivity contribution in [2.75, 3.05) is 5.32 Å². The summed E-state index contributed by atoms with van der Waals surface area (Å²) >= 11 is 4.95. The van der Waals surface area contributed by atoms with Crippen molar-refractivity contribution in [2.24, 2.45) is 5.73 Å². The number of benzene rings is 1. The lowest BCUT2D eigenvalue weighted by atomic mass is 10.1. The lowest BCUT2D eigenvalue weighted by Gasteiger charge is -2.11. The zero-order valence-corrected chi connectivity index (χ0v) is 12.1. The quantitative estimate of drug-likeness (QED) is 0.851. The summed E-state index contributed by atoms with van der Waals surface area (Å²) < 4.78 is 0. The van der Waals surface area contributed by atoms with E-state index >= 15 is 0 Å². The third kappa shape index (κ3) is 3.00. The molecular weight excluding hydrogens is 270 g/mol. The summed E-state index contributed by atoms with van der Waals surface area (Å²) in [7, 11) is 0. The molecule has 4 nitrogen and oxygen atoms in total. The molecular formula is C15H15N3OS. The van der Waals surface area contributed by atoms with Gasteiger partial charge in [0.05, 0.1) is 0 Å². The SMILES string of the molecule is Cc1ccc(C(N)=S)cc1NC(=O)c1ncccc1C. The Balaban J connectivity index is 2.30. The summed E-state index contributed by atoms with van der Waals surface area (Å²) in [5, 5.41) is 2.85. The summed E-state index contributed by atoms with van der Waals surface area (Å²) in [6, 6.07) is 9.12. The molecule has 0 aliphatic heterocycles. The van der Waals surface area contributed by atoms with Gasteiger partial charge in [0, 0.05) is 17.4 Å². The number of aryl methyl sites for hydroxylation is 2. The van der Waals surface area contributed by atoms with Gasteiger partial charge in [-0.2, -0.15) is 0 Å². The Labute approximate surface area is 123 Å². The number of aromatic nitrogens is 1. The van der Waals surface area contributed by atoms with Crippen LogP contribution in [0, 0.1) is 13.8 Å². The third-order valence-electron chi connectivity index (χ3n) is 2.99. The van der Waals surface area contributed by atoms with Crippen LogP contribution < -0.4 is 11.1 Å². The standard InChI is InChI=1S/C15H15N3OS/c1-9-5-6-11(14(16)20)8-12(9)18-15(19)13-10(2)4-3-7-17-13/h3-8H,1-2H3,(H2,16,20)(H,18,19). The van der Waals surface area contributed by atoms with Gasteiger partial charge in [0.25, 0.3) is 5.91 Å². The van der Waals surface area contributed by atoms with Gasteiger partial charge in [-0.25, -0.2) is 0 Å². The zero-order chi connectivity index (χ0) is 14.7. The van der Waals surface area contributed by atoms with Gasteiger partial charge in [0.2, 0.25) is 0 Å². The van der Waals surface area contributed by atoms with Crippen LogP contribution in [0.4, 0.5) is 5.69 Å². The number of nitrogens with zero attached hydrogens (tertiary/aromatic N) is 1. The summed E-state index contributed by atoms with van der Waals surface area (Å²) in [5.41, 5.74) is 9.19. The van der Waals surface area contributed by atoms with E-state index < -0.39 is 0 Å². The molecule has 0 fully saturated rings. The Morgan fingerprint density at radius 3 is 2.65 bits per heavy atom. The highest BCUT2D eigenvalue weighted by Gasteiger charge is 2.12. The number of rotatable bonds is 3. The summed E-state index contributed by atoms with van der Waals surface area (Å²) in [6.45, 7) is 3.75. The van der Waals surface area contributed by atoms with Crippen molar-refractivity contribution in [3.8, 4) is 0 Å². The molecule has 1 heterocycles. The van der Waals surface area contributed by atoms with E-state index in [0.717, 1.165) is 16.7 Å². The molecule has 2 aromatic rings. The molecule has 0 aliphatic rings. The Bertz CT molecular complexity index is 683. The monoisotopic (exact) mass is 285 g/mol. The van der Waals surface area contributed by atoms with Crippen LogP contribution in [-0.4, -0.2) is 15.9 Å². The molecule has 102 valence electrons. The molecule has 2 rings (SSSR count). The van der Waals surface area contributed by atoms with Crippen molar-refractivity contribution in [3.63, 3.8) is 0 Å². The van der Waals surface area contributed by atoms with Crippen molar-refractivity contribution in [3.05, 3.63) is 58.9 Å². The van der Waals surface area contributed by atoms with Crippen LogP contribution >= 0.6 is 12.2 Å². The molecule has 0 bridgehead atoms. The maximum atomic E-state index is 12.2. The molecule has 0 aliphatic carbocycles. The van der Waals surface area contributed by atoms with Crippen molar-refractivity contribution >= 4 is 28.8 Å². The number of nitrogens with one attached hydrogen (secondary N) is 1. The average Bonchev–Trinajstić information content (AvgIpc) is 2.41. The molecule has 1 amide bonds. The van der Waals surface area contributed by atoms with E-state index in [-0.39, 0.29) is 5.91 Å². The maximum absolute atomic E-state index is 12.2. The van der Waals surface area contributed by atoms with Gasteiger partial charge in [-0.3, -0.25) is 9.78 Å². The fraction of sp³-hybridized carbons (Fsp3) is 0.133. The van der Waals surface area contributed by atoms with Crippen molar-refractivity contribution in [1.82, 2.24) is 4.98 Å². The molecule has 0 saturated heterocycles. The number of amides is 1. The maximum Gasteiger partial charge on any atom is 0.274 e. The van der Waals surface area contributed by atoms with Gasteiger partial charge in [0.1, 0.15) is 10.7 Å². The minimum Gasteiger partial charge on any atom is -0.389 e. The Hall–Kier alpha value is -2.27.